The number of hydrogen-bond acceptors (Lipinski definition) is 12. The summed E-state index contributed by atoms with van der Waals surface area (Å²) in [5.74, 6) is 5.04. The summed E-state index contributed by atoms with van der Waals surface area (Å²) in [5.41, 5.74) is 12.0. The molecule has 5 heterocycles. The number of piperidine rings is 2. The van der Waals surface area contributed by atoms with Crippen LogP contribution in [0.25, 0.3) is 0 Å². The maximum atomic E-state index is 14.2. The highest BCUT2D eigenvalue weighted by atomic mass is 16.6. The molecule has 6 fully saturated rings. The maximum absolute atomic E-state index is 14.2. The Labute approximate surface area is 326 Å². The van der Waals surface area contributed by atoms with Crippen LogP contribution in [0.2, 0.25) is 0 Å². The number of fused-ring (bicyclic) bond motifs is 3. The van der Waals surface area contributed by atoms with E-state index in [0.717, 1.165) is 58.0 Å². The van der Waals surface area contributed by atoms with Gasteiger partial charge in [0, 0.05) is 48.9 Å². The highest BCUT2D eigenvalue weighted by Gasteiger charge is 2.65. The summed E-state index contributed by atoms with van der Waals surface area (Å²) < 4.78 is 20.8. The predicted molar refractivity (Wildman–Crippen MR) is 202 cm³/mol. The van der Waals surface area contributed by atoms with Gasteiger partial charge in [-0.2, -0.15) is 0 Å². The first-order valence-electron chi connectivity index (χ1n) is 21.3. The molecule has 7 aliphatic rings. The normalized spacial score (nSPS) is 47.8. The van der Waals surface area contributed by atoms with Crippen molar-refractivity contribution in [2.45, 2.75) is 145 Å². The molecule has 7 rings (SSSR count). The van der Waals surface area contributed by atoms with Crippen LogP contribution in [-0.2, 0) is 23.8 Å². The Kier molecular flexibility index (Phi) is 13.1. The fourth-order valence-electron chi connectivity index (χ4n) is 12.1. The van der Waals surface area contributed by atoms with Crippen molar-refractivity contribution >= 4 is 11.8 Å². The first kappa shape index (κ1) is 41.2. The number of allylic oxidation sites excluding steroid dienone is 1. The van der Waals surface area contributed by atoms with Crippen molar-refractivity contribution in [3.63, 3.8) is 0 Å². The molecule has 2 bridgehead atoms. The second kappa shape index (κ2) is 17.5. The summed E-state index contributed by atoms with van der Waals surface area (Å²) in [6.07, 6.45) is 5.21. The lowest BCUT2D eigenvalue weighted by Gasteiger charge is -2.62. The Morgan fingerprint density at radius 2 is 1.89 bits per heavy atom. The third-order valence-corrected chi connectivity index (χ3v) is 15.0. The average molecular weight is 772 g/mol. The van der Waals surface area contributed by atoms with Crippen LogP contribution in [0.1, 0.15) is 90.9 Å². The SMILES string of the molecule is CC=C(CO)C(=O)OC1CC2C(O)C3C(=O)CC(CO)OC3C3C2OC1(C)C(CC1CCC(N)[NH2+]C1)CC#CC(C1CCCC(O)C1)C3C1CCNC(N)C1. The second-order valence-electron chi connectivity index (χ2n) is 18.3. The van der Waals surface area contributed by atoms with Crippen molar-refractivity contribution in [2.24, 2.45) is 64.7 Å². The van der Waals surface area contributed by atoms with Crippen LogP contribution in [0.15, 0.2) is 11.6 Å². The van der Waals surface area contributed by atoms with Crippen LogP contribution in [-0.4, -0.2) is 113 Å². The molecule has 18 atom stereocenters. The molecule has 55 heavy (non-hydrogen) atoms. The number of hydrogen-bond donors (Lipinski definition) is 8. The Balaban J connectivity index is 1.40. The fraction of sp³-hybridized carbons (Fsp3) is 0.857. The highest BCUT2D eigenvalue weighted by Crippen LogP contribution is 2.57. The van der Waals surface area contributed by atoms with Crippen molar-refractivity contribution in [1.82, 2.24) is 5.32 Å². The van der Waals surface area contributed by atoms with Crippen molar-refractivity contribution in [3.05, 3.63) is 11.6 Å². The van der Waals surface area contributed by atoms with Gasteiger partial charge in [-0.15, -0.1) is 5.92 Å². The van der Waals surface area contributed by atoms with Crippen LogP contribution >= 0.6 is 0 Å². The number of rotatable bonds is 8. The standard InChI is InChI=1S/C42H66N4O9/c1-3-23(20-47)41(52)54-32-18-30-38(51)36-31(50)17-28(21-48)53-40(36)37-35(25-12-13-45-34(44)16-25)29(24-6-4-8-27(49)15-24)9-5-7-26(42(32,2)55-39(30)37)14-22-10-11-33(43)46-19-22/h3,22,24-30,32-40,45-49,51H,4,6-8,10-21,43-44H2,1-2H3/p+1. The second-order valence-corrected chi connectivity index (χ2v) is 18.3. The molecule has 18 unspecified atom stereocenters. The lowest BCUT2D eigenvalue weighted by molar-refractivity contribution is -0.703. The number of carbonyl (C=O) groups excluding carboxylic acids is 2. The Morgan fingerprint density at radius 1 is 1.07 bits per heavy atom. The molecule has 308 valence electrons. The van der Waals surface area contributed by atoms with E-state index in [-0.39, 0.29) is 72.7 Å². The Morgan fingerprint density at radius 3 is 2.58 bits per heavy atom. The van der Waals surface area contributed by atoms with Gasteiger partial charge in [0.05, 0.1) is 67.9 Å². The third kappa shape index (κ3) is 8.33. The number of quaternary nitrogens is 1. The number of esters is 1. The van der Waals surface area contributed by atoms with Gasteiger partial charge in [-0.1, -0.05) is 18.4 Å². The Hall–Kier alpha value is -1.96. The molecule has 0 aromatic rings. The number of ether oxygens (including phenoxy) is 3. The molecule has 4 saturated heterocycles. The van der Waals surface area contributed by atoms with Crippen molar-refractivity contribution in [3.8, 4) is 11.8 Å². The number of nitrogens with two attached hydrogens (primary N) is 3. The summed E-state index contributed by atoms with van der Waals surface area (Å²) in [7, 11) is 0. The van der Waals surface area contributed by atoms with E-state index in [2.05, 4.69) is 22.5 Å². The van der Waals surface area contributed by atoms with Gasteiger partial charge in [-0.25, -0.2) is 4.79 Å². The van der Waals surface area contributed by atoms with Gasteiger partial charge in [0.1, 0.15) is 23.7 Å². The molecular formula is C42H67N4O9+. The smallest absolute Gasteiger partial charge is 0.336 e. The van der Waals surface area contributed by atoms with Crippen LogP contribution in [0, 0.1) is 65.1 Å². The summed E-state index contributed by atoms with van der Waals surface area (Å²) in [4.78, 5) is 27.8. The highest BCUT2D eigenvalue weighted by molar-refractivity contribution is 5.88. The lowest BCUT2D eigenvalue weighted by Crippen LogP contribution is -2.95. The number of Topliss-reactive ketones (excluding diaryl/α,β-unsaturated/α-hetero) is 1. The zero-order chi connectivity index (χ0) is 39.0. The molecule has 0 amide bonds. The zero-order valence-electron chi connectivity index (χ0n) is 32.8. The lowest BCUT2D eigenvalue weighted by atomic mass is 9.53. The summed E-state index contributed by atoms with van der Waals surface area (Å²) in [6, 6.07) is 0. The summed E-state index contributed by atoms with van der Waals surface area (Å²) in [5, 5.41) is 49.5. The first-order valence-corrected chi connectivity index (χ1v) is 21.3. The van der Waals surface area contributed by atoms with Crippen LogP contribution < -0.4 is 22.1 Å². The van der Waals surface area contributed by atoms with Gasteiger partial charge in [0.25, 0.3) is 0 Å². The minimum atomic E-state index is -1.13. The van der Waals surface area contributed by atoms with E-state index in [1.807, 2.05) is 6.92 Å². The fourth-order valence-corrected chi connectivity index (χ4v) is 12.1. The quantitative estimate of drug-likeness (QED) is 0.0933. The number of ketones is 1. The Bertz CT molecular complexity index is 1460. The van der Waals surface area contributed by atoms with Gasteiger partial charge in [-0.3, -0.25) is 10.5 Å². The molecular weight excluding hydrogens is 704 g/mol. The molecule has 0 aromatic carbocycles. The van der Waals surface area contributed by atoms with Crippen LogP contribution in [0.5, 0.6) is 0 Å². The monoisotopic (exact) mass is 771 g/mol. The van der Waals surface area contributed by atoms with E-state index in [1.165, 1.54) is 0 Å². The van der Waals surface area contributed by atoms with Crippen molar-refractivity contribution in [2.75, 3.05) is 26.3 Å². The zero-order valence-corrected chi connectivity index (χ0v) is 32.8. The summed E-state index contributed by atoms with van der Waals surface area (Å²) >= 11 is 0. The van der Waals surface area contributed by atoms with Crippen LogP contribution in [0.3, 0.4) is 0 Å². The summed E-state index contributed by atoms with van der Waals surface area (Å²) in [6.45, 7) is 4.53. The largest absolute Gasteiger partial charge is 0.456 e. The van der Waals surface area contributed by atoms with Gasteiger partial charge in [-0.05, 0) is 89.5 Å². The van der Waals surface area contributed by atoms with Crippen molar-refractivity contribution < 1.29 is 49.5 Å². The molecule has 13 nitrogen and oxygen atoms in total. The molecule has 13 heteroatoms. The number of aliphatic hydroxyl groups excluding tert-OH is 4. The van der Waals surface area contributed by atoms with Gasteiger partial charge >= 0.3 is 5.97 Å². The predicted octanol–water partition coefficient (Wildman–Crippen LogP) is 0.0659. The van der Waals surface area contributed by atoms with E-state index < -0.39 is 72.6 Å². The van der Waals surface area contributed by atoms with E-state index >= 15 is 0 Å². The van der Waals surface area contributed by atoms with Gasteiger partial charge in [0.2, 0.25) is 0 Å². The topological polar surface area (TPSA) is 223 Å². The molecule has 0 aromatic heterocycles. The number of aliphatic hydroxyl groups is 4. The van der Waals surface area contributed by atoms with Gasteiger partial charge in [0.15, 0.2) is 0 Å². The van der Waals surface area contributed by atoms with Gasteiger partial charge < -0.3 is 51.0 Å². The molecule has 2 aliphatic carbocycles. The molecule has 2 saturated carbocycles. The molecule has 11 N–H and O–H groups in total. The third-order valence-electron chi connectivity index (χ3n) is 15.0. The van der Waals surface area contributed by atoms with E-state index in [4.69, 9.17) is 25.7 Å². The first-order chi connectivity index (χ1) is 26.4. The van der Waals surface area contributed by atoms with Crippen molar-refractivity contribution in [1.29, 1.82) is 0 Å². The molecule has 0 radical (unpaired) electrons. The maximum Gasteiger partial charge on any atom is 0.336 e. The van der Waals surface area contributed by atoms with E-state index in [9.17, 15) is 30.0 Å². The van der Waals surface area contributed by atoms with E-state index in [0.29, 0.717) is 25.2 Å². The molecule has 0 spiro atoms. The molecule has 5 aliphatic heterocycles. The average Bonchev–Trinajstić information content (AvgIpc) is 3.16. The number of nitrogens with one attached hydrogen (secondary N) is 1. The minimum Gasteiger partial charge on any atom is -0.456 e. The van der Waals surface area contributed by atoms with Crippen LogP contribution in [0.4, 0.5) is 0 Å². The number of carbonyl (C=O) groups is 2. The minimum absolute atomic E-state index is 0.00204. The van der Waals surface area contributed by atoms with E-state index in [1.54, 1.807) is 13.0 Å².